The molecule has 0 aliphatic carbocycles. The van der Waals surface area contributed by atoms with Crippen molar-refractivity contribution < 1.29 is 14.3 Å². The number of carbonyl (C=O) groups is 1. The van der Waals surface area contributed by atoms with Crippen molar-refractivity contribution in [1.82, 2.24) is 4.90 Å². The van der Waals surface area contributed by atoms with Crippen LogP contribution in [0.3, 0.4) is 0 Å². The quantitative estimate of drug-likeness (QED) is 0.839. The zero-order valence-electron chi connectivity index (χ0n) is 10.3. The summed E-state index contributed by atoms with van der Waals surface area (Å²) in [5.74, 6) is 3.59. The number of amides is 2. The van der Waals surface area contributed by atoms with Crippen LogP contribution in [0.5, 0.6) is 11.5 Å². The number of hydrogen-bond acceptors (Lipinski definition) is 4. The van der Waals surface area contributed by atoms with Crippen LogP contribution in [0.15, 0.2) is 17.1 Å². The van der Waals surface area contributed by atoms with Crippen molar-refractivity contribution in [3.8, 4) is 23.8 Å². The van der Waals surface area contributed by atoms with E-state index >= 15 is 0 Å². The molecule has 2 amide bonds. The Bertz CT molecular complexity index is 666. The molecule has 1 aromatic rings. The first-order chi connectivity index (χ1) is 9.61. The molecular formula is C13H10ClN3O3. The second kappa shape index (κ2) is 4.62. The van der Waals surface area contributed by atoms with Gasteiger partial charge >= 0.3 is 6.03 Å². The van der Waals surface area contributed by atoms with Crippen LogP contribution in [0.1, 0.15) is 11.6 Å². The van der Waals surface area contributed by atoms with Crippen LogP contribution in [0.25, 0.3) is 0 Å². The molecule has 0 saturated heterocycles. The molecule has 0 aromatic heterocycles. The maximum absolute atomic E-state index is 11.8. The number of amidine groups is 1. The number of rotatable bonds is 2. The van der Waals surface area contributed by atoms with Crippen molar-refractivity contribution in [1.29, 1.82) is 0 Å². The van der Waals surface area contributed by atoms with E-state index in [4.69, 9.17) is 33.2 Å². The van der Waals surface area contributed by atoms with Crippen molar-refractivity contribution >= 4 is 23.5 Å². The highest BCUT2D eigenvalue weighted by Crippen LogP contribution is 2.42. The molecule has 20 heavy (non-hydrogen) atoms. The Hall–Kier alpha value is -2.39. The Balaban J connectivity index is 2.04. The van der Waals surface area contributed by atoms with E-state index in [1.807, 2.05) is 0 Å². The molecule has 0 fully saturated rings. The highest BCUT2D eigenvalue weighted by Gasteiger charge is 2.35. The van der Waals surface area contributed by atoms with Gasteiger partial charge in [0.05, 0.1) is 11.6 Å². The molecule has 0 saturated carbocycles. The number of nitrogens with zero attached hydrogens (tertiary/aromatic N) is 2. The average Bonchev–Trinajstić information content (AvgIpc) is 2.96. The van der Waals surface area contributed by atoms with Crippen molar-refractivity contribution in [2.75, 3.05) is 13.3 Å². The van der Waals surface area contributed by atoms with E-state index in [0.717, 1.165) is 0 Å². The SMILES string of the molecule is C#CCN1C(=O)N=C(N)C1c1cc(Cl)c2c(c1)OCO2. The third kappa shape index (κ3) is 1.84. The van der Waals surface area contributed by atoms with Crippen LogP contribution >= 0.6 is 11.6 Å². The summed E-state index contributed by atoms with van der Waals surface area (Å²) in [4.78, 5) is 16.9. The molecule has 1 atom stereocenters. The van der Waals surface area contributed by atoms with Crippen LogP contribution in [-0.2, 0) is 0 Å². The second-order valence-corrected chi connectivity index (χ2v) is 4.70. The number of aliphatic imine (C=N–C) groups is 1. The summed E-state index contributed by atoms with van der Waals surface area (Å²) in [5, 5.41) is 0.391. The molecule has 2 N–H and O–H groups in total. The summed E-state index contributed by atoms with van der Waals surface area (Å²) in [6.07, 6.45) is 5.27. The van der Waals surface area contributed by atoms with Crippen molar-refractivity contribution in [3.63, 3.8) is 0 Å². The average molecular weight is 292 g/mol. The molecule has 1 unspecified atom stereocenters. The van der Waals surface area contributed by atoms with Crippen molar-refractivity contribution in [2.45, 2.75) is 6.04 Å². The van der Waals surface area contributed by atoms with E-state index in [1.165, 1.54) is 4.90 Å². The van der Waals surface area contributed by atoms with Crippen LogP contribution in [0, 0.1) is 12.3 Å². The smallest absolute Gasteiger partial charge is 0.346 e. The summed E-state index contributed by atoms with van der Waals surface area (Å²) in [7, 11) is 0. The Morgan fingerprint density at radius 1 is 1.55 bits per heavy atom. The number of fused-ring (bicyclic) bond motifs is 1. The predicted molar refractivity (Wildman–Crippen MR) is 72.9 cm³/mol. The minimum absolute atomic E-state index is 0.111. The monoisotopic (exact) mass is 291 g/mol. The maximum Gasteiger partial charge on any atom is 0.346 e. The first-order valence-corrected chi connectivity index (χ1v) is 6.16. The van der Waals surface area contributed by atoms with Crippen LogP contribution in [0.2, 0.25) is 5.02 Å². The van der Waals surface area contributed by atoms with E-state index in [9.17, 15) is 4.79 Å². The van der Waals surface area contributed by atoms with Gasteiger partial charge in [0.25, 0.3) is 0 Å². The third-order valence-electron chi connectivity index (χ3n) is 3.09. The molecule has 7 heteroatoms. The number of carbonyl (C=O) groups excluding carboxylic acids is 1. The van der Waals surface area contributed by atoms with Crippen molar-refractivity contribution in [3.05, 3.63) is 22.7 Å². The highest BCUT2D eigenvalue weighted by molar-refractivity contribution is 6.32. The summed E-state index contributed by atoms with van der Waals surface area (Å²) >= 11 is 6.13. The van der Waals surface area contributed by atoms with Gasteiger partial charge in [-0.15, -0.1) is 6.42 Å². The Kier molecular flexibility index (Phi) is 2.92. The number of terminal acetylenes is 1. The lowest BCUT2D eigenvalue weighted by Gasteiger charge is -2.22. The Morgan fingerprint density at radius 3 is 3.10 bits per heavy atom. The first kappa shape index (κ1) is 12.6. The van der Waals surface area contributed by atoms with Crippen LogP contribution in [-0.4, -0.2) is 30.1 Å². The first-order valence-electron chi connectivity index (χ1n) is 5.79. The zero-order chi connectivity index (χ0) is 14.3. The van der Waals surface area contributed by atoms with Gasteiger partial charge in [0, 0.05) is 0 Å². The van der Waals surface area contributed by atoms with Gasteiger partial charge in [-0.1, -0.05) is 17.5 Å². The van der Waals surface area contributed by atoms with Gasteiger partial charge in [-0.05, 0) is 17.7 Å². The van der Waals surface area contributed by atoms with Gasteiger partial charge < -0.3 is 15.2 Å². The molecule has 0 spiro atoms. The summed E-state index contributed by atoms with van der Waals surface area (Å²) < 4.78 is 10.5. The van der Waals surface area contributed by atoms with Gasteiger partial charge in [-0.25, -0.2) is 4.79 Å². The topological polar surface area (TPSA) is 77.2 Å². The largest absolute Gasteiger partial charge is 0.454 e. The lowest BCUT2D eigenvalue weighted by atomic mass is 10.0. The fourth-order valence-corrected chi connectivity index (χ4v) is 2.53. The summed E-state index contributed by atoms with van der Waals surface area (Å²) in [6.45, 7) is 0.222. The van der Waals surface area contributed by atoms with Gasteiger partial charge in [-0.3, -0.25) is 4.90 Å². The number of benzene rings is 1. The standard InChI is InChI=1S/C13H10ClN3O3/c1-2-3-17-10(12(15)16-13(17)18)7-4-8(14)11-9(5-7)19-6-20-11/h1,4-5,10H,3,6H2,(H2,15,16,18). The van der Waals surface area contributed by atoms with Gasteiger partial charge in [0.1, 0.15) is 11.9 Å². The fraction of sp³-hybridized carbons (Fsp3) is 0.231. The van der Waals surface area contributed by atoms with Gasteiger partial charge in [-0.2, -0.15) is 4.99 Å². The number of urea groups is 1. The molecule has 1 aromatic carbocycles. The number of halogens is 1. The molecule has 0 bridgehead atoms. The van der Waals surface area contributed by atoms with Gasteiger partial charge in [0.2, 0.25) is 6.79 Å². The molecule has 2 aliphatic heterocycles. The normalized spacial score (nSPS) is 20.0. The molecule has 6 nitrogen and oxygen atoms in total. The predicted octanol–water partition coefficient (Wildman–Crippen LogP) is 1.54. The van der Waals surface area contributed by atoms with E-state index in [1.54, 1.807) is 12.1 Å². The van der Waals surface area contributed by atoms with Crippen molar-refractivity contribution in [2.24, 2.45) is 10.7 Å². The Labute approximate surface area is 120 Å². The maximum atomic E-state index is 11.8. The molecule has 0 radical (unpaired) electrons. The van der Waals surface area contributed by atoms with Gasteiger partial charge in [0.15, 0.2) is 11.5 Å². The van der Waals surface area contributed by atoms with E-state index in [-0.39, 0.29) is 19.2 Å². The molecule has 2 heterocycles. The number of hydrogen-bond donors (Lipinski definition) is 1. The molecular weight excluding hydrogens is 282 g/mol. The van der Waals surface area contributed by atoms with Crippen LogP contribution in [0.4, 0.5) is 4.79 Å². The lowest BCUT2D eigenvalue weighted by Crippen LogP contribution is -2.33. The summed E-state index contributed by atoms with van der Waals surface area (Å²) in [5.41, 5.74) is 6.50. The van der Waals surface area contributed by atoms with E-state index < -0.39 is 12.1 Å². The highest BCUT2D eigenvalue weighted by atomic mass is 35.5. The third-order valence-corrected chi connectivity index (χ3v) is 3.37. The summed E-state index contributed by atoms with van der Waals surface area (Å²) in [6, 6.07) is 2.40. The minimum atomic E-state index is -0.537. The number of nitrogens with two attached hydrogens (primary N) is 1. The Morgan fingerprint density at radius 2 is 2.35 bits per heavy atom. The second-order valence-electron chi connectivity index (χ2n) is 4.29. The molecule has 102 valence electrons. The fourth-order valence-electron chi connectivity index (χ4n) is 2.26. The zero-order valence-corrected chi connectivity index (χ0v) is 11.1. The lowest BCUT2D eigenvalue weighted by molar-refractivity contribution is 0.174. The van der Waals surface area contributed by atoms with Crippen LogP contribution < -0.4 is 15.2 Å². The van der Waals surface area contributed by atoms with E-state index in [0.29, 0.717) is 22.1 Å². The minimum Gasteiger partial charge on any atom is -0.454 e. The molecule has 3 rings (SSSR count). The number of ether oxygens (including phenoxy) is 2. The molecule has 2 aliphatic rings. The van der Waals surface area contributed by atoms with E-state index in [2.05, 4.69) is 10.9 Å².